The first-order valence-corrected chi connectivity index (χ1v) is 12.6. The Morgan fingerprint density at radius 2 is 1.78 bits per heavy atom. The zero-order valence-corrected chi connectivity index (χ0v) is 20.9. The Morgan fingerprint density at radius 3 is 2.56 bits per heavy atom. The monoisotopic (exact) mass is 509 g/mol. The minimum Gasteiger partial charge on any atom is -0.467 e. The van der Waals surface area contributed by atoms with E-state index >= 15 is 0 Å². The number of esters is 1. The number of imide groups is 1. The van der Waals surface area contributed by atoms with Crippen LogP contribution >= 0.6 is 11.6 Å². The number of halogens is 1. The number of benzene rings is 2. The fourth-order valence-corrected chi connectivity index (χ4v) is 5.76. The Bertz CT molecular complexity index is 1230. The number of anilines is 1. The molecular weight excluding hydrogens is 482 g/mol. The SMILES string of the molecule is COC(=O)[C@@H]1CCCN1C(=O)[C@@H]1CCCN(c2cccc3c2C(=O)N(Cc2ccccc2Cl)C3=O)C1. The van der Waals surface area contributed by atoms with Crippen LogP contribution in [0.4, 0.5) is 5.69 Å². The summed E-state index contributed by atoms with van der Waals surface area (Å²) in [6.07, 6.45) is 2.85. The predicted octanol–water partition coefficient (Wildman–Crippen LogP) is 3.52. The van der Waals surface area contributed by atoms with Crippen LogP contribution in [-0.4, -0.2) is 66.3 Å². The molecule has 0 spiro atoms. The van der Waals surface area contributed by atoms with Crippen LogP contribution in [0.25, 0.3) is 0 Å². The van der Waals surface area contributed by atoms with Crippen LogP contribution < -0.4 is 4.90 Å². The molecule has 188 valence electrons. The summed E-state index contributed by atoms with van der Waals surface area (Å²) in [7, 11) is 1.34. The van der Waals surface area contributed by atoms with Gasteiger partial charge in [0.25, 0.3) is 11.8 Å². The molecular formula is C27H28ClN3O5. The maximum atomic E-state index is 13.5. The first-order valence-electron chi connectivity index (χ1n) is 12.3. The van der Waals surface area contributed by atoms with Gasteiger partial charge in [0.15, 0.2) is 0 Å². The maximum absolute atomic E-state index is 13.5. The number of fused-ring (bicyclic) bond motifs is 1. The molecule has 3 heterocycles. The molecule has 3 aliphatic rings. The average Bonchev–Trinajstić information content (AvgIpc) is 3.49. The predicted molar refractivity (Wildman–Crippen MR) is 134 cm³/mol. The minimum atomic E-state index is -0.531. The van der Waals surface area contributed by atoms with Crippen molar-refractivity contribution in [3.05, 3.63) is 64.2 Å². The summed E-state index contributed by atoms with van der Waals surface area (Å²) in [5.74, 6) is -1.44. The van der Waals surface area contributed by atoms with Crippen molar-refractivity contribution >= 4 is 41.0 Å². The number of hydrogen-bond acceptors (Lipinski definition) is 6. The van der Waals surface area contributed by atoms with Crippen LogP contribution in [-0.2, 0) is 20.9 Å². The average molecular weight is 510 g/mol. The summed E-state index contributed by atoms with van der Waals surface area (Å²) in [5.41, 5.74) is 2.10. The van der Waals surface area contributed by atoms with Crippen LogP contribution in [0.5, 0.6) is 0 Å². The molecule has 8 nitrogen and oxygen atoms in total. The molecule has 0 aromatic heterocycles. The second kappa shape index (κ2) is 9.93. The number of piperidine rings is 1. The Hall–Kier alpha value is -3.39. The summed E-state index contributed by atoms with van der Waals surface area (Å²) in [6, 6.07) is 11.9. The highest BCUT2D eigenvalue weighted by Crippen LogP contribution is 2.36. The molecule has 0 aliphatic carbocycles. The van der Waals surface area contributed by atoms with Crippen molar-refractivity contribution in [2.45, 2.75) is 38.3 Å². The third kappa shape index (κ3) is 4.23. The number of likely N-dealkylation sites (tertiary alicyclic amines) is 1. The van der Waals surface area contributed by atoms with Gasteiger partial charge in [0.05, 0.1) is 36.4 Å². The van der Waals surface area contributed by atoms with Crippen molar-refractivity contribution in [3.8, 4) is 0 Å². The summed E-state index contributed by atoms with van der Waals surface area (Å²) in [5, 5.41) is 0.499. The number of carbonyl (C=O) groups is 4. The Morgan fingerprint density at radius 1 is 1.00 bits per heavy atom. The molecule has 9 heteroatoms. The molecule has 5 rings (SSSR count). The summed E-state index contributed by atoms with van der Waals surface area (Å²) < 4.78 is 4.90. The van der Waals surface area contributed by atoms with E-state index in [1.54, 1.807) is 35.2 Å². The lowest BCUT2D eigenvalue weighted by Gasteiger charge is -2.37. The number of rotatable bonds is 5. The second-order valence-corrected chi connectivity index (χ2v) is 9.89. The van der Waals surface area contributed by atoms with E-state index in [1.807, 2.05) is 17.0 Å². The number of carbonyl (C=O) groups excluding carboxylic acids is 4. The standard InChI is InChI=1S/C27H28ClN3O5/c1-36-27(35)22-12-6-14-30(22)24(32)18-8-5-13-29(15-18)21-11-4-9-19-23(21)26(34)31(25(19)33)16-17-7-2-3-10-20(17)28/h2-4,7,9-11,18,22H,5-6,8,12-16H2,1H3/t18-,22+/m1/s1. The van der Waals surface area contributed by atoms with Gasteiger partial charge in [-0.1, -0.05) is 35.9 Å². The molecule has 36 heavy (non-hydrogen) atoms. The minimum absolute atomic E-state index is 0.0528. The fraction of sp³-hybridized carbons (Fsp3) is 0.407. The zero-order valence-electron chi connectivity index (χ0n) is 20.1. The van der Waals surface area contributed by atoms with Crippen molar-refractivity contribution in [1.82, 2.24) is 9.80 Å². The van der Waals surface area contributed by atoms with Gasteiger partial charge >= 0.3 is 5.97 Å². The lowest BCUT2D eigenvalue weighted by atomic mass is 9.94. The van der Waals surface area contributed by atoms with E-state index in [1.165, 1.54) is 12.0 Å². The fourth-order valence-electron chi connectivity index (χ4n) is 5.56. The highest BCUT2D eigenvalue weighted by molar-refractivity contribution is 6.31. The molecule has 3 amide bonds. The van der Waals surface area contributed by atoms with E-state index in [9.17, 15) is 19.2 Å². The Labute approximate surface area is 214 Å². The van der Waals surface area contributed by atoms with Gasteiger partial charge in [0.2, 0.25) is 5.91 Å². The van der Waals surface area contributed by atoms with Gasteiger partial charge in [-0.05, 0) is 49.4 Å². The van der Waals surface area contributed by atoms with Crippen molar-refractivity contribution < 1.29 is 23.9 Å². The maximum Gasteiger partial charge on any atom is 0.328 e. The van der Waals surface area contributed by atoms with Crippen LogP contribution in [0.2, 0.25) is 5.02 Å². The van der Waals surface area contributed by atoms with E-state index in [4.69, 9.17) is 16.3 Å². The van der Waals surface area contributed by atoms with Gasteiger partial charge in [0, 0.05) is 24.7 Å². The number of hydrogen-bond donors (Lipinski definition) is 0. The van der Waals surface area contributed by atoms with Gasteiger partial charge in [-0.3, -0.25) is 19.3 Å². The first-order chi connectivity index (χ1) is 17.4. The van der Waals surface area contributed by atoms with Crippen molar-refractivity contribution in [1.29, 1.82) is 0 Å². The summed E-state index contributed by atoms with van der Waals surface area (Å²) in [6.45, 7) is 1.73. The van der Waals surface area contributed by atoms with Gasteiger partial charge in [-0.2, -0.15) is 0 Å². The number of methoxy groups -OCH3 is 1. The topological polar surface area (TPSA) is 87.2 Å². The van der Waals surface area contributed by atoms with Crippen molar-refractivity contribution in [3.63, 3.8) is 0 Å². The molecule has 0 saturated carbocycles. The Kier molecular flexibility index (Phi) is 6.71. The largest absolute Gasteiger partial charge is 0.467 e. The van der Waals surface area contributed by atoms with E-state index in [2.05, 4.69) is 0 Å². The third-order valence-electron chi connectivity index (χ3n) is 7.38. The summed E-state index contributed by atoms with van der Waals surface area (Å²) >= 11 is 6.28. The molecule has 2 aromatic rings. The normalized spacial score (nSPS) is 21.7. The Balaban J connectivity index is 1.37. The highest BCUT2D eigenvalue weighted by atomic mass is 35.5. The quantitative estimate of drug-likeness (QED) is 0.453. The van der Waals surface area contributed by atoms with Crippen LogP contribution in [0.15, 0.2) is 42.5 Å². The van der Waals surface area contributed by atoms with Gasteiger partial charge in [-0.25, -0.2) is 4.79 Å². The van der Waals surface area contributed by atoms with Gasteiger partial charge < -0.3 is 14.5 Å². The molecule has 0 bridgehead atoms. The third-order valence-corrected chi connectivity index (χ3v) is 7.75. The van der Waals surface area contributed by atoms with Crippen molar-refractivity contribution in [2.24, 2.45) is 5.92 Å². The smallest absolute Gasteiger partial charge is 0.328 e. The molecule has 2 saturated heterocycles. The van der Waals surface area contributed by atoms with E-state index in [-0.39, 0.29) is 36.2 Å². The van der Waals surface area contributed by atoms with Crippen LogP contribution in [0, 0.1) is 5.92 Å². The van der Waals surface area contributed by atoms with E-state index in [0.29, 0.717) is 59.9 Å². The van der Waals surface area contributed by atoms with Crippen LogP contribution in [0.3, 0.4) is 0 Å². The molecule has 2 fully saturated rings. The molecule has 0 radical (unpaired) electrons. The highest BCUT2D eigenvalue weighted by Gasteiger charge is 2.42. The van der Waals surface area contributed by atoms with E-state index in [0.717, 1.165) is 12.8 Å². The first kappa shape index (κ1) is 24.3. The number of amides is 3. The van der Waals surface area contributed by atoms with E-state index < -0.39 is 6.04 Å². The molecule has 0 unspecified atom stereocenters. The molecule has 0 N–H and O–H groups in total. The lowest BCUT2D eigenvalue weighted by Crippen LogP contribution is -2.48. The molecule has 3 aliphatic heterocycles. The summed E-state index contributed by atoms with van der Waals surface area (Å²) in [4.78, 5) is 57.1. The second-order valence-electron chi connectivity index (χ2n) is 9.49. The van der Waals surface area contributed by atoms with Gasteiger partial charge in [-0.15, -0.1) is 0 Å². The van der Waals surface area contributed by atoms with Crippen molar-refractivity contribution in [2.75, 3.05) is 31.6 Å². The molecule has 2 aromatic carbocycles. The zero-order chi connectivity index (χ0) is 25.4. The van der Waals surface area contributed by atoms with Gasteiger partial charge in [0.1, 0.15) is 6.04 Å². The number of nitrogens with zero attached hydrogens (tertiary/aromatic N) is 3. The number of ether oxygens (including phenoxy) is 1. The molecule has 2 atom stereocenters. The van der Waals surface area contributed by atoms with Crippen LogP contribution in [0.1, 0.15) is 52.0 Å². The lowest BCUT2D eigenvalue weighted by molar-refractivity contribution is -0.152.